The third kappa shape index (κ3) is 3.65. The van der Waals surface area contributed by atoms with Gasteiger partial charge in [-0.3, -0.25) is 9.20 Å². The molecule has 0 aliphatic carbocycles. The Kier molecular flexibility index (Phi) is 5.95. The minimum atomic E-state index is -0.0229. The van der Waals surface area contributed by atoms with E-state index in [1.807, 2.05) is 18.2 Å². The van der Waals surface area contributed by atoms with E-state index in [0.29, 0.717) is 30.1 Å². The molecule has 0 amide bonds. The van der Waals surface area contributed by atoms with E-state index < -0.39 is 0 Å². The van der Waals surface area contributed by atoms with Crippen molar-refractivity contribution in [1.82, 2.24) is 14.3 Å². The Hall–Kier alpha value is -1.88. The normalized spacial score (nSPS) is 11.3. The van der Waals surface area contributed by atoms with Gasteiger partial charge in [0.1, 0.15) is 12.3 Å². The van der Waals surface area contributed by atoms with Crippen molar-refractivity contribution in [2.45, 2.75) is 33.6 Å². The van der Waals surface area contributed by atoms with Crippen LogP contribution in [0, 0.1) is 0 Å². The van der Waals surface area contributed by atoms with E-state index in [9.17, 15) is 4.79 Å². The van der Waals surface area contributed by atoms with Gasteiger partial charge in [-0.15, -0.1) is 0 Å². The van der Waals surface area contributed by atoms with Crippen molar-refractivity contribution in [2.24, 2.45) is 0 Å². The fourth-order valence-electron chi connectivity index (χ4n) is 2.50. The van der Waals surface area contributed by atoms with Gasteiger partial charge >= 0.3 is 0 Å². The Labute approximate surface area is 131 Å². The van der Waals surface area contributed by atoms with Crippen LogP contribution in [-0.2, 0) is 6.42 Å². The number of likely N-dealkylation sites (N-methyl/N-ethyl adjacent to an activating group) is 1. The van der Waals surface area contributed by atoms with Crippen molar-refractivity contribution in [2.75, 3.05) is 26.2 Å². The standard InChI is InChI=1S/C17H25N3O2/c1-4-9-14-16(22-13-12-19(5-2)6-3)18-15-10-7-8-11-20(15)17(14)21/h7-8,10-11H,4-6,9,12-13H2,1-3H3. The first-order valence-corrected chi connectivity index (χ1v) is 8.06. The van der Waals surface area contributed by atoms with Gasteiger partial charge in [0.25, 0.3) is 5.56 Å². The van der Waals surface area contributed by atoms with Crippen LogP contribution < -0.4 is 10.3 Å². The number of ether oxygens (including phenoxy) is 1. The molecule has 0 saturated heterocycles. The number of fused-ring (bicyclic) bond motifs is 1. The quantitative estimate of drug-likeness (QED) is 0.751. The van der Waals surface area contributed by atoms with Crippen LogP contribution >= 0.6 is 0 Å². The molecule has 0 radical (unpaired) electrons. The van der Waals surface area contributed by atoms with E-state index in [2.05, 4.69) is 30.7 Å². The monoisotopic (exact) mass is 303 g/mol. The van der Waals surface area contributed by atoms with E-state index >= 15 is 0 Å². The molecular weight excluding hydrogens is 278 g/mol. The van der Waals surface area contributed by atoms with E-state index in [1.165, 1.54) is 0 Å². The second-order valence-corrected chi connectivity index (χ2v) is 5.25. The average molecular weight is 303 g/mol. The molecule has 0 spiro atoms. The van der Waals surface area contributed by atoms with Crippen LogP contribution in [0.1, 0.15) is 32.8 Å². The average Bonchev–Trinajstić information content (AvgIpc) is 2.55. The van der Waals surface area contributed by atoms with Gasteiger partial charge in [0.2, 0.25) is 5.88 Å². The Balaban J connectivity index is 2.27. The highest BCUT2D eigenvalue weighted by Gasteiger charge is 2.13. The number of rotatable bonds is 8. The zero-order valence-electron chi connectivity index (χ0n) is 13.7. The Morgan fingerprint density at radius 3 is 2.68 bits per heavy atom. The minimum Gasteiger partial charge on any atom is -0.476 e. The van der Waals surface area contributed by atoms with Crippen molar-refractivity contribution < 1.29 is 4.74 Å². The van der Waals surface area contributed by atoms with Crippen LogP contribution in [0.25, 0.3) is 5.65 Å². The summed E-state index contributed by atoms with van der Waals surface area (Å²) < 4.78 is 7.43. The van der Waals surface area contributed by atoms with Crippen molar-refractivity contribution in [1.29, 1.82) is 0 Å². The van der Waals surface area contributed by atoms with Crippen molar-refractivity contribution in [3.05, 3.63) is 40.3 Å². The highest BCUT2D eigenvalue weighted by Crippen LogP contribution is 2.15. The van der Waals surface area contributed by atoms with E-state index in [4.69, 9.17) is 4.74 Å². The summed E-state index contributed by atoms with van der Waals surface area (Å²) in [7, 11) is 0. The summed E-state index contributed by atoms with van der Waals surface area (Å²) in [6.07, 6.45) is 3.33. The number of pyridine rings is 1. The summed E-state index contributed by atoms with van der Waals surface area (Å²) in [4.78, 5) is 19.4. The van der Waals surface area contributed by atoms with Gasteiger partial charge in [0, 0.05) is 12.7 Å². The summed E-state index contributed by atoms with van der Waals surface area (Å²) in [5.41, 5.74) is 1.28. The van der Waals surface area contributed by atoms with Crippen LogP contribution in [0.15, 0.2) is 29.2 Å². The molecule has 2 aromatic heterocycles. The van der Waals surface area contributed by atoms with E-state index in [1.54, 1.807) is 10.6 Å². The highest BCUT2D eigenvalue weighted by atomic mass is 16.5. The lowest BCUT2D eigenvalue weighted by atomic mass is 10.2. The number of nitrogens with zero attached hydrogens (tertiary/aromatic N) is 3. The first kappa shape index (κ1) is 16.5. The smallest absolute Gasteiger partial charge is 0.264 e. The predicted molar refractivity (Wildman–Crippen MR) is 88.7 cm³/mol. The summed E-state index contributed by atoms with van der Waals surface area (Å²) in [6.45, 7) is 9.70. The van der Waals surface area contributed by atoms with E-state index in [0.717, 1.165) is 26.1 Å². The van der Waals surface area contributed by atoms with Crippen LogP contribution in [0.5, 0.6) is 5.88 Å². The summed E-state index contributed by atoms with van der Waals surface area (Å²) in [5, 5.41) is 0. The molecule has 0 bridgehead atoms. The molecule has 2 aromatic rings. The van der Waals surface area contributed by atoms with Crippen molar-refractivity contribution in [3.63, 3.8) is 0 Å². The molecule has 22 heavy (non-hydrogen) atoms. The molecule has 0 fully saturated rings. The van der Waals surface area contributed by atoms with Crippen LogP contribution in [0.4, 0.5) is 0 Å². The van der Waals surface area contributed by atoms with Gasteiger partial charge in [0.05, 0.1) is 5.56 Å². The van der Waals surface area contributed by atoms with Crippen LogP contribution in [-0.4, -0.2) is 40.5 Å². The van der Waals surface area contributed by atoms with Crippen molar-refractivity contribution >= 4 is 5.65 Å². The second-order valence-electron chi connectivity index (χ2n) is 5.25. The van der Waals surface area contributed by atoms with Gasteiger partial charge in [-0.05, 0) is 31.6 Å². The topological polar surface area (TPSA) is 46.8 Å². The molecule has 0 atom stereocenters. The lowest BCUT2D eigenvalue weighted by molar-refractivity contribution is 0.216. The number of hydrogen-bond acceptors (Lipinski definition) is 4. The molecule has 120 valence electrons. The molecule has 0 aliphatic heterocycles. The first-order chi connectivity index (χ1) is 10.7. The maximum Gasteiger partial charge on any atom is 0.264 e. The summed E-state index contributed by atoms with van der Waals surface area (Å²) in [6, 6.07) is 5.54. The number of hydrogen-bond donors (Lipinski definition) is 0. The third-order valence-corrected chi connectivity index (χ3v) is 3.83. The van der Waals surface area contributed by atoms with E-state index in [-0.39, 0.29) is 5.56 Å². The lowest BCUT2D eigenvalue weighted by Gasteiger charge is -2.18. The van der Waals surface area contributed by atoms with Gasteiger partial charge in [0.15, 0.2) is 0 Å². The first-order valence-electron chi connectivity index (χ1n) is 8.06. The maximum absolute atomic E-state index is 12.6. The van der Waals surface area contributed by atoms with Crippen LogP contribution in [0.3, 0.4) is 0 Å². The molecular formula is C17H25N3O2. The Morgan fingerprint density at radius 1 is 1.23 bits per heavy atom. The van der Waals surface area contributed by atoms with Gasteiger partial charge in [-0.25, -0.2) is 0 Å². The minimum absolute atomic E-state index is 0.0229. The van der Waals surface area contributed by atoms with Crippen LogP contribution in [0.2, 0.25) is 0 Å². The number of aromatic nitrogens is 2. The Morgan fingerprint density at radius 2 is 2.00 bits per heavy atom. The molecule has 0 saturated carbocycles. The van der Waals surface area contributed by atoms with Gasteiger partial charge in [-0.2, -0.15) is 4.98 Å². The largest absolute Gasteiger partial charge is 0.476 e. The maximum atomic E-state index is 12.6. The summed E-state index contributed by atoms with van der Waals surface area (Å²) in [5.74, 6) is 0.491. The van der Waals surface area contributed by atoms with Gasteiger partial charge < -0.3 is 9.64 Å². The zero-order valence-corrected chi connectivity index (χ0v) is 13.7. The molecule has 0 aliphatic rings. The molecule has 5 heteroatoms. The van der Waals surface area contributed by atoms with Gasteiger partial charge in [-0.1, -0.05) is 33.3 Å². The lowest BCUT2D eigenvalue weighted by Crippen LogP contribution is -2.29. The highest BCUT2D eigenvalue weighted by molar-refractivity contribution is 5.42. The second kappa shape index (κ2) is 7.94. The third-order valence-electron chi connectivity index (χ3n) is 3.83. The fraction of sp³-hybridized carbons (Fsp3) is 0.529. The fourth-order valence-corrected chi connectivity index (χ4v) is 2.50. The molecule has 0 unspecified atom stereocenters. The molecule has 2 rings (SSSR count). The summed E-state index contributed by atoms with van der Waals surface area (Å²) >= 11 is 0. The van der Waals surface area contributed by atoms with Crippen molar-refractivity contribution in [3.8, 4) is 5.88 Å². The molecule has 0 aromatic carbocycles. The zero-order chi connectivity index (χ0) is 15.9. The SMILES string of the molecule is CCCc1c(OCCN(CC)CC)nc2ccccn2c1=O. The molecule has 5 nitrogen and oxygen atoms in total. The molecule has 0 N–H and O–H groups in total. The molecule has 2 heterocycles. The predicted octanol–water partition coefficient (Wildman–Crippen LogP) is 2.37. The Bertz CT molecular complexity index is 662.